The molecule has 0 radical (unpaired) electrons. The van der Waals surface area contributed by atoms with Gasteiger partial charge in [0.1, 0.15) is 10.7 Å². The second-order valence-electron chi connectivity index (χ2n) is 7.25. The number of thiophene rings is 1. The molecule has 0 bridgehead atoms. The third-order valence-corrected chi connectivity index (χ3v) is 7.90. The van der Waals surface area contributed by atoms with Crippen LogP contribution in [0.15, 0.2) is 43.1 Å². The van der Waals surface area contributed by atoms with Crippen LogP contribution in [0.1, 0.15) is 31.3 Å². The van der Waals surface area contributed by atoms with E-state index in [0.717, 1.165) is 28.5 Å². The number of hydrogen-bond acceptors (Lipinski definition) is 6. The van der Waals surface area contributed by atoms with Gasteiger partial charge in [0.15, 0.2) is 0 Å². The molecule has 0 aliphatic carbocycles. The van der Waals surface area contributed by atoms with Gasteiger partial charge in [-0.25, -0.2) is 4.98 Å². The quantitative estimate of drug-likeness (QED) is 0.628. The smallest absolute Gasteiger partial charge is 0.274 e. The second-order valence-corrected chi connectivity index (χ2v) is 9.44. The Balaban J connectivity index is 1.36. The van der Waals surface area contributed by atoms with E-state index in [1.807, 2.05) is 41.2 Å². The Morgan fingerprint density at radius 3 is 2.40 bits per heavy atom. The molecule has 3 aromatic rings. The zero-order chi connectivity index (χ0) is 20.5. The summed E-state index contributed by atoms with van der Waals surface area (Å²) in [4.78, 5) is 39.2. The van der Waals surface area contributed by atoms with Crippen molar-refractivity contribution in [2.75, 3.05) is 31.9 Å². The monoisotopic (exact) mass is 439 g/mol. The molecule has 2 aliphatic rings. The van der Waals surface area contributed by atoms with Crippen LogP contribution in [0.2, 0.25) is 0 Å². The van der Waals surface area contributed by atoms with Gasteiger partial charge in [-0.05, 0) is 29.9 Å². The van der Waals surface area contributed by atoms with Crippen molar-refractivity contribution >= 4 is 34.9 Å². The van der Waals surface area contributed by atoms with Gasteiger partial charge in [-0.3, -0.25) is 14.6 Å². The first-order valence-electron chi connectivity index (χ1n) is 9.92. The number of carbonyl (C=O) groups excluding carboxylic acids is 2. The van der Waals surface area contributed by atoms with E-state index in [1.54, 1.807) is 22.4 Å². The maximum atomic E-state index is 13.6. The van der Waals surface area contributed by atoms with Gasteiger partial charge in [0.2, 0.25) is 0 Å². The number of amides is 2. The van der Waals surface area contributed by atoms with Crippen LogP contribution >= 0.6 is 23.1 Å². The van der Waals surface area contributed by atoms with Gasteiger partial charge in [0, 0.05) is 61.6 Å². The topological polar surface area (TPSA) is 71.3 Å². The van der Waals surface area contributed by atoms with E-state index in [1.165, 1.54) is 22.8 Å². The van der Waals surface area contributed by atoms with E-state index in [0.29, 0.717) is 31.9 Å². The van der Waals surface area contributed by atoms with Gasteiger partial charge in [0.25, 0.3) is 11.8 Å². The van der Waals surface area contributed by atoms with Crippen LogP contribution in [-0.4, -0.2) is 68.1 Å². The number of carbonyl (C=O) groups is 2. The van der Waals surface area contributed by atoms with Gasteiger partial charge >= 0.3 is 0 Å². The van der Waals surface area contributed by atoms with Crippen molar-refractivity contribution in [3.05, 3.63) is 64.8 Å². The summed E-state index contributed by atoms with van der Waals surface area (Å²) in [5.74, 6) is 1.97. The molecule has 0 aromatic carbocycles. The molecule has 154 valence electrons. The molecule has 1 saturated heterocycles. The first-order chi connectivity index (χ1) is 14.7. The molecule has 0 unspecified atom stereocenters. The van der Waals surface area contributed by atoms with E-state index in [4.69, 9.17) is 0 Å². The van der Waals surface area contributed by atoms with Crippen molar-refractivity contribution in [2.45, 2.75) is 12.2 Å². The standard InChI is InChI=1S/C21H21N5O2S2/c27-19(16-13-22-4-5-23-16)24-8-10-25(11-9-24)20(28)18-15-3-12-29-14-17(15)30-21(18)26-6-1-2-7-26/h1-2,4-7,13H,3,8-12,14H2. The molecular weight excluding hydrogens is 418 g/mol. The molecule has 9 heteroatoms. The molecular formula is C21H21N5O2S2. The minimum absolute atomic E-state index is 0.0784. The highest BCUT2D eigenvalue weighted by molar-refractivity contribution is 7.98. The van der Waals surface area contributed by atoms with Crippen molar-refractivity contribution in [3.63, 3.8) is 0 Å². The number of piperazine rings is 1. The van der Waals surface area contributed by atoms with Gasteiger partial charge in [0.05, 0.1) is 11.8 Å². The lowest BCUT2D eigenvalue weighted by Gasteiger charge is -2.35. The molecule has 3 aromatic heterocycles. The highest BCUT2D eigenvalue weighted by Crippen LogP contribution is 2.39. The van der Waals surface area contributed by atoms with Crippen LogP contribution < -0.4 is 0 Å². The summed E-state index contributed by atoms with van der Waals surface area (Å²) in [7, 11) is 0. The van der Waals surface area contributed by atoms with Crippen LogP contribution in [0, 0.1) is 0 Å². The van der Waals surface area contributed by atoms with E-state index >= 15 is 0 Å². The third kappa shape index (κ3) is 3.52. The maximum absolute atomic E-state index is 13.6. The van der Waals surface area contributed by atoms with Gasteiger partial charge in [-0.2, -0.15) is 11.8 Å². The van der Waals surface area contributed by atoms with Crippen molar-refractivity contribution in [1.29, 1.82) is 0 Å². The number of thioether (sulfide) groups is 1. The van der Waals surface area contributed by atoms with Crippen molar-refractivity contribution in [3.8, 4) is 5.00 Å². The minimum atomic E-state index is -0.131. The fraction of sp³-hybridized carbons (Fsp3) is 0.333. The van der Waals surface area contributed by atoms with Crippen molar-refractivity contribution in [1.82, 2.24) is 24.3 Å². The molecule has 0 N–H and O–H groups in total. The average molecular weight is 440 g/mol. The summed E-state index contributed by atoms with van der Waals surface area (Å²) in [5.41, 5.74) is 2.40. The van der Waals surface area contributed by atoms with Crippen LogP contribution in [0.3, 0.4) is 0 Å². The Kier molecular flexibility index (Phi) is 5.30. The number of fused-ring (bicyclic) bond motifs is 1. The number of hydrogen-bond donors (Lipinski definition) is 0. The van der Waals surface area contributed by atoms with E-state index in [9.17, 15) is 9.59 Å². The zero-order valence-corrected chi connectivity index (χ0v) is 18.0. The van der Waals surface area contributed by atoms with Gasteiger partial charge in [-0.1, -0.05) is 0 Å². The Morgan fingerprint density at radius 2 is 1.70 bits per heavy atom. The van der Waals surface area contributed by atoms with Crippen LogP contribution in [0.5, 0.6) is 0 Å². The normalized spacial score (nSPS) is 16.4. The van der Waals surface area contributed by atoms with Crippen LogP contribution in [0.25, 0.3) is 5.00 Å². The summed E-state index contributed by atoms with van der Waals surface area (Å²) < 4.78 is 2.05. The average Bonchev–Trinajstić information content (AvgIpc) is 3.46. The Labute approximate surface area is 182 Å². The SMILES string of the molecule is O=C(c1cnccn1)N1CCN(C(=O)c2c(-n3cccc3)sc3c2CCSC3)CC1. The van der Waals surface area contributed by atoms with Crippen molar-refractivity contribution < 1.29 is 9.59 Å². The largest absolute Gasteiger partial charge is 0.335 e. The minimum Gasteiger partial charge on any atom is -0.335 e. The van der Waals surface area contributed by atoms with E-state index in [-0.39, 0.29) is 11.8 Å². The summed E-state index contributed by atoms with van der Waals surface area (Å²) >= 11 is 3.66. The number of nitrogens with zero attached hydrogens (tertiary/aromatic N) is 5. The molecule has 7 nitrogen and oxygen atoms in total. The molecule has 0 saturated carbocycles. The second kappa shape index (κ2) is 8.23. The van der Waals surface area contributed by atoms with E-state index in [2.05, 4.69) is 14.5 Å². The summed E-state index contributed by atoms with van der Waals surface area (Å²) in [6, 6.07) is 3.97. The summed E-state index contributed by atoms with van der Waals surface area (Å²) in [6.07, 6.45) is 9.49. The van der Waals surface area contributed by atoms with E-state index < -0.39 is 0 Å². The zero-order valence-electron chi connectivity index (χ0n) is 16.4. The molecule has 0 atom stereocenters. The fourth-order valence-corrected chi connectivity index (χ4v) is 6.37. The molecule has 1 fully saturated rings. The molecule has 2 amide bonds. The van der Waals surface area contributed by atoms with Gasteiger partial charge < -0.3 is 14.4 Å². The molecule has 5 rings (SSSR count). The molecule has 30 heavy (non-hydrogen) atoms. The van der Waals surface area contributed by atoms with Crippen LogP contribution in [-0.2, 0) is 12.2 Å². The third-order valence-electron chi connectivity index (χ3n) is 5.49. The molecule has 5 heterocycles. The highest BCUT2D eigenvalue weighted by Gasteiger charge is 2.32. The van der Waals surface area contributed by atoms with Gasteiger partial charge in [-0.15, -0.1) is 11.3 Å². The first kappa shape index (κ1) is 19.3. The molecule has 0 spiro atoms. The Morgan fingerprint density at radius 1 is 0.967 bits per heavy atom. The lowest BCUT2D eigenvalue weighted by atomic mass is 10.1. The molecule has 2 aliphatic heterocycles. The first-order valence-corrected chi connectivity index (χ1v) is 11.9. The fourth-order valence-electron chi connectivity index (χ4n) is 3.93. The predicted molar refractivity (Wildman–Crippen MR) is 117 cm³/mol. The lowest BCUT2D eigenvalue weighted by Crippen LogP contribution is -2.51. The Bertz CT molecular complexity index is 1060. The lowest BCUT2D eigenvalue weighted by molar-refractivity contribution is 0.0531. The highest BCUT2D eigenvalue weighted by atomic mass is 32.2. The maximum Gasteiger partial charge on any atom is 0.274 e. The summed E-state index contributed by atoms with van der Waals surface area (Å²) in [6.45, 7) is 2.05. The number of aromatic nitrogens is 3. The predicted octanol–water partition coefficient (Wildman–Crippen LogP) is 2.72. The Hall–Kier alpha value is -2.65. The summed E-state index contributed by atoms with van der Waals surface area (Å²) in [5, 5.41) is 1.01. The van der Waals surface area contributed by atoms with Crippen molar-refractivity contribution in [2.24, 2.45) is 0 Å². The number of rotatable bonds is 3. The van der Waals surface area contributed by atoms with Crippen LogP contribution in [0.4, 0.5) is 0 Å².